The summed E-state index contributed by atoms with van der Waals surface area (Å²) in [6.45, 7) is 2.02. The predicted octanol–water partition coefficient (Wildman–Crippen LogP) is 3.27. The van der Waals surface area contributed by atoms with Gasteiger partial charge in [0.1, 0.15) is 0 Å². The summed E-state index contributed by atoms with van der Waals surface area (Å²) >= 11 is 2.25. The molecule has 88 valence electrons. The number of aliphatic hydroxyl groups is 1. The Morgan fingerprint density at radius 1 is 1.29 bits per heavy atom. The first-order chi connectivity index (χ1) is 8.16. The van der Waals surface area contributed by atoms with Crippen molar-refractivity contribution in [2.45, 2.75) is 19.4 Å². The lowest BCUT2D eigenvalue weighted by molar-refractivity contribution is 0.177. The minimum Gasteiger partial charge on any atom is -0.388 e. The van der Waals surface area contributed by atoms with Crippen molar-refractivity contribution in [3.05, 3.63) is 63.0 Å². The fourth-order valence-electron chi connectivity index (χ4n) is 1.75. The van der Waals surface area contributed by atoms with Gasteiger partial charge in [-0.15, -0.1) is 0 Å². The van der Waals surface area contributed by atoms with Gasteiger partial charge in [0.2, 0.25) is 0 Å². The molecule has 1 heterocycles. The van der Waals surface area contributed by atoms with Gasteiger partial charge < -0.3 is 5.11 Å². The van der Waals surface area contributed by atoms with Gasteiger partial charge in [-0.1, -0.05) is 18.2 Å². The van der Waals surface area contributed by atoms with Gasteiger partial charge in [-0.25, -0.2) is 0 Å². The molecular formula is C14H14INO. The Bertz CT molecular complexity index is 513. The third-order valence-corrected chi connectivity index (χ3v) is 3.41. The standard InChI is InChI=1S/C14H14INO/c1-10-4-3-7-16-13(10)9-14(17)11-5-2-6-12(15)8-11/h2-8,14,17H,9H2,1H3. The smallest absolute Gasteiger partial charge is 0.0845 e. The molecule has 0 fully saturated rings. The van der Waals surface area contributed by atoms with Crippen LogP contribution in [0.3, 0.4) is 0 Å². The van der Waals surface area contributed by atoms with Crippen LogP contribution in [-0.4, -0.2) is 10.1 Å². The number of benzene rings is 1. The number of aryl methyl sites for hydroxylation is 1. The summed E-state index contributed by atoms with van der Waals surface area (Å²) in [4.78, 5) is 4.30. The van der Waals surface area contributed by atoms with E-state index in [0.717, 1.165) is 20.4 Å². The van der Waals surface area contributed by atoms with Crippen molar-refractivity contribution in [2.75, 3.05) is 0 Å². The number of pyridine rings is 1. The summed E-state index contributed by atoms with van der Waals surface area (Å²) in [6.07, 6.45) is 1.84. The monoisotopic (exact) mass is 339 g/mol. The van der Waals surface area contributed by atoms with Crippen molar-refractivity contribution in [2.24, 2.45) is 0 Å². The number of hydrogen-bond acceptors (Lipinski definition) is 2. The number of hydrogen-bond donors (Lipinski definition) is 1. The average Bonchev–Trinajstić information content (AvgIpc) is 2.32. The molecule has 1 aromatic carbocycles. The third-order valence-electron chi connectivity index (χ3n) is 2.74. The molecule has 2 aromatic rings. The van der Waals surface area contributed by atoms with Crippen molar-refractivity contribution < 1.29 is 5.11 Å². The fraction of sp³-hybridized carbons (Fsp3) is 0.214. The number of nitrogens with zero attached hydrogens (tertiary/aromatic N) is 1. The summed E-state index contributed by atoms with van der Waals surface area (Å²) < 4.78 is 1.14. The number of rotatable bonds is 3. The molecule has 1 N–H and O–H groups in total. The molecule has 1 aromatic heterocycles. The van der Waals surface area contributed by atoms with E-state index in [1.807, 2.05) is 43.3 Å². The van der Waals surface area contributed by atoms with Crippen LogP contribution in [0.25, 0.3) is 0 Å². The van der Waals surface area contributed by atoms with Crippen LogP contribution in [0, 0.1) is 10.5 Å². The Labute approximate surface area is 115 Å². The predicted molar refractivity (Wildman–Crippen MR) is 76.8 cm³/mol. The van der Waals surface area contributed by atoms with Crippen LogP contribution >= 0.6 is 22.6 Å². The summed E-state index contributed by atoms with van der Waals surface area (Å²) in [5.41, 5.74) is 3.03. The highest BCUT2D eigenvalue weighted by molar-refractivity contribution is 14.1. The van der Waals surface area contributed by atoms with E-state index in [9.17, 15) is 5.11 Å². The largest absolute Gasteiger partial charge is 0.388 e. The van der Waals surface area contributed by atoms with Crippen LogP contribution in [0.1, 0.15) is 22.9 Å². The van der Waals surface area contributed by atoms with Crippen LogP contribution in [0.5, 0.6) is 0 Å². The molecule has 0 aliphatic rings. The first-order valence-corrected chi connectivity index (χ1v) is 6.58. The molecule has 0 aliphatic heterocycles. The Morgan fingerprint density at radius 2 is 2.12 bits per heavy atom. The van der Waals surface area contributed by atoms with E-state index < -0.39 is 6.10 Å². The van der Waals surface area contributed by atoms with Crippen LogP contribution in [0.4, 0.5) is 0 Å². The molecule has 2 nitrogen and oxygen atoms in total. The van der Waals surface area contributed by atoms with Gasteiger partial charge in [0.15, 0.2) is 0 Å². The zero-order chi connectivity index (χ0) is 12.3. The van der Waals surface area contributed by atoms with Crippen molar-refractivity contribution in [1.82, 2.24) is 4.98 Å². The third kappa shape index (κ3) is 3.26. The molecule has 2 rings (SSSR count). The van der Waals surface area contributed by atoms with E-state index >= 15 is 0 Å². The molecule has 0 aliphatic carbocycles. The Balaban J connectivity index is 2.17. The second-order valence-electron chi connectivity index (χ2n) is 4.04. The van der Waals surface area contributed by atoms with Crippen molar-refractivity contribution in [3.63, 3.8) is 0 Å². The van der Waals surface area contributed by atoms with Gasteiger partial charge in [-0.2, -0.15) is 0 Å². The molecule has 0 radical (unpaired) electrons. The van der Waals surface area contributed by atoms with Crippen LogP contribution in [0.15, 0.2) is 42.6 Å². The number of halogens is 1. The minimum absolute atomic E-state index is 0.488. The molecule has 0 amide bonds. The molecule has 17 heavy (non-hydrogen) atoms. The maximum absolute atomic E-state index is 10.2. The topological polar surface area (TPSA) is 33.1 Å². The van der Waals surface area contributed by atoms with Crippen LogP contribution in [0.2, 0.25) is 0 Å². The van der Waals surface area contributed by atoms with E-state index in [1.54, 1.807) is 6.20 Å². The molecule has 0 saturated heterocycles. The number of aromatic nitrogens is 1. The first-order valence-electron chi connectivity index (χ1n) is 5.51. The lowest BCUT2D eigenvalue weighted by Gasteiger charge is -2.12. The molecule has 1 unspecified atom stereocenters. The molecular weight excluding hydrogens is 325 g/mol. The molecule has 0 bridgehead atoms. The highest BCUT2D eigenvalue weighted by Gasteiger charge is 2.10. The molecule has 1 atom stereocenters. The second kappa shape index (κ2) is 5.60. The van der Waals surface area contributed by atoms with Crippen molar-refractivity contribution in [1.29, 1.82) is 0 Å². The van der Waals surface area contributed by atoms with E-state index in [0.29, 0.717) is 6.42 Å². The molecule has 3 heteroatoms. The quantitative estimate of drug-likeness (QED) is 0.871. The van der Waals surface area contributed by atoms with Gasteiger partial charge in [0.25, 0.3) is 0 Å². The van der Waals surface area contributed by atoms with E-state index in [-0.39, 0.29) is 0 Å². The SMILES string of the molecule is Cc1cccnc1CC(O)c1cccc(I)c1. The van der Waals surface area contributed by atoms with Crippen molar-refractivity contribution in [3.8, 4) is 0 Å². The van der Waals surface area contributed by atoms with Gasteiger partial charge >= 0.3 is 0 Å². The maximum Gasteiger partial charge on any atom is 0.0845 e. The lowest BCUT2D eigenvalue weighted by atomic mass is 10.0. The summed E-state index contributed by atoms with van der Waals surface area (Å²) in [7, 11) is 0. The van der Waals surface area contributed by atoms with E-state index in [2.05, 4.69) is 27.6 Å². The van der Waals surface area contributed by atoms with Gasteiger partial charge in [-0.3, -0.25) is 4.98 Å². The first kappa shape index (κ1) is 12.5. The van der Waals surface area contributed by atoms with E-state index in [4.69, 9.17) is 0 Å². The highest BCUT2D eigenvalue weighted by atomic mass is 127. The Hall–Kier alpha value is -0.940. The average molecular weight is 339 g/mol. The zero-order valence-electron chi connectivity index (χ0n) is 9.60. The maximum atomic E-state index is 10.2. The molecule has 0 spiro atoms. The highest BCUT2D eigenvalue weighted by Crippen LogP contribution is 2.20. The fourth-order valence-corrected chi connectivity index (χ4v) is 2.31. The summed E-state index contributed by atoms with van der Waals surface area (Å²) in [5.74, 6) is 0. The second-order valence-corrected chi connectivity index (χ2v) is 5.29. The van der Waals surface area contributed by atoms with Gasteiger partial charge in [0.05, 0.1) is 6.10 Å². The van der Waals surface area contributed by atoms with Crippen LogP contribution in [-0.2, 0) is 6.42 Å². The lowest BCUT2D eigenvalue weighted by Crippen LogP contribution is -2.05. The normalized spacial score (nSPS) is 12.4. The molecule has 0 saturated carbocycles. The van der Waals surface area contributed by atoms with Crippen LogP contribution < -0.4 is 0 Å². The van der Waals surface area contributed by atoms with Gasteiger partial charge in [0, 0.05) is 21.9 Å². The van der Waals surface area contributed by atoms with Gasteiger partial charge in [-0.05, 0) is 58.8 Å². The number of aliphatic hydroxyl groups excluding tert-OH is 1. The minimum atomic E-state index is -0.488. The summed E-state index contributed by atoms with van der Waals surface area (Å²) in [5, 5.41) is 10.2. The Morgan fingerprint density at radius 3 is 2.82 bits per heavy atom. The summed E-state index contributed by atoms with van der Waals surface area (Å²) in [6, 6.07) is 11.9. The van der Waals surface area contributed by atoms with Crippen molar-refractivity contribution >= 4 is 22.6 Å². The zero-order valence-corrected chi connectivity index (χ0v) is 11.8. The Kier molecular flexibility index (Phi) is 4.12. The van der Waals surface area contributed by atoms with E-state index in [1.165, 1.54) is 0 Å².